The van der Waals surface area contributed by atoms with E-state index in [0.717, 1.165) is 0 Å². The molecule has 0 aliphatic heterocycles. The van der Waals surface area contributed by atoms with Crippen molar-refractivity contribution in [2.24, 2.45) is 0 Å². The highest BCUT2D eigenvalue weighted by Gasteiger charge is 1.86. The molecule has 0 saturated heterocycles. The van der Waals surface area contributed by atoms with Crippen LogP contribution in [-0.2, 0) is 0 Å². The second-order valence-electron chi connectivity index (χ2n) is 0.247. The number of hydrogen-bond donors (Lipinski definition) is 0. The van der Waals surface area contributed by atoms with Crippen LogP contribution in [0, 0.1) is 0 Å². The summed E-state index contributed by atoms with van der Waals surface area (Å²) in [4.78, 5) is 0. The molecule has 0 spiro atoms. The number of alkyl halides is 3. The monoisotopic (exact) mass is 214 g/mol. The third-order valence-electron chi connectivity index (χ3n) is 0. The molecule has 42 valence electrons. The van der Waals surface area contributed by atoms with Gasteiger partial charge in [0, 0.05) is 0 Å². The minimum absolute atomic E-state index is 0. The molecule has 0 radical (unpaired) electrons. The molecule has 0 bridgehead atoms. The van der Waals surface area contributed by atoms with E-state index in [1.165, 1.54) is 0 Å². The van der Waals surface area contributed by atoms with Crippen molar-refractivity contribution in [2.45, 2.75) is 14.1 Å². The molecule has 0 nitrogen and oxygen atoms in total. The van der Waals surface area contributed by atoms with Gasteiger partial charge in [-0.1, -0.05) is 7.43 Å². The van der Waals surface area contributed by atoms with Crippen molar-refractivity contribution in [3.05, 3.63) is 0 Å². The third-order valence-corrected chi connectivity index (χ3v) is 0. The first kappa shape index (κ1) is 16.0. The highest BCUT2D eigenvalue weighted by Crippen LogP contribution is 1.87. The highest BCUT2D eigenvalue weighted by atomic mass is 127. The Bertz CT molecular complexity index is 13.5. The van der Waals surface area contributed by atoms with Crippen molar-refractivity contribution in [1.29, 1.82) is 0 Å². The summed E-state index contributed by atoms with van der Waals surface area (Å²) in [6, 6.07) is 0. The normalized spacial score (nSPS) is 6.00. The first-order chi connectivity index (χ1) is 1.73. The molecule has 0 N–H and O–H groups in total. The minimum Gasteiger partial charge on any atom is -0.174 e. The van der Waals surface area contributed by atoms with E-state index in [0.29, 0.717) is 0 Å². The summed E-state index contributed by atoms with van der Waals surface area (Å²) < 4.78 is 29.0. The average molecular weight is 214 g/mol. The number of halogens is 4. The lowest BCUT2D eigenvalue weighted by Crippen LogP contribution is -1.65. The molecular weight excluding hydrogens is 208 g/mol. The van der Waals surface area contributed by atoms with Crippen molar-refractivity contribution < 1.29 is 13.2 Å². The smallest absolute Gasteiger partial charge is 0.174 e. The Hall–Kier alpha value is 0.520. The number of rotatable bonds is 0. The molecule has 0 aromatic heterocycles. The summed E-state index contributed by atoms with van der Waals surface area (Å²) >= 11 is 0. The largest absolute Gasteiger partial charge is 0.379 e. The van der Waals surface area contributed by atoms with Gasteiger partial charge >= 0.3 is 6.68 Å². The molecule has 0 unspecified atom stereocenters. The van der Waals surface area contributed by atoms with Gasteiger partial charge in [-0.05, 0) is 0 Å². The first-order valence-electron chi connectivity index (χ1n) is 0.655. The molecule has 0 atom stereocenters. The van der Waals surface area contributed by atoms with E-state index < -0.39 is 6.68 Å². The second kappa shape index (κ2) is 9.10. The summed E-state index contributed by atoms with van der Waals surface area (Å²) in [5.74, 6) is 0. The molecule has 0 saturated carbocycles. The van der Waals surface area contributed by atoms with E-state index >= 15 is 0 Å². The van der Waals surface area contributed by atoms with E-state index in [2.05, 4.69) is 0 Å². The quantitative estimate of drug-likeness (QED) is 0.543. The van der Waals surface area contributed by atoms with Crippen LogP contribution in [0.15, 0.2) is 0 Å². The Morgan fingerprint density at radius 3 is 1.00 bits per heavy atom. The Morgan fingerprint density at radius 2 is 1.00 bits per heavy atom. The van der Waals surface area contributed by atoms with Crippen LogP contribution in [0.5, 0.6) is 0 Å². The lowest BCUT2D eigenvalue weighted by molar-refractivity contribution is 0.00819. The lowest BCUT2D eigenvalue weighted by Gasteiger charge is -1.65. The van der Waals surface area contributed by atoms with Crippen molar-refractivity contribution in [1.82, 2.24) is 0 Å². The lowest BCUT2D eigenvalue weighted by atomic mass is 11.6. The van der Waals surface area contributed by atoms with Crippen LogP contribution < -0.4 is 0 Å². The van der Waals surface area contributed by atoms with Crippen LogP contribution in [0.2, 0.25) is 0 Å². The van der Waals surface area contributed by atoms with Crippen molar-refractivity contribution >= 4 is 24.0 Å². The maximum absolute atomic E-state index is 9.67. The van der Waals surface area contributed by atoms with Crippen molar-refractivity contribution in [3.63, 3.8) is 0 Å². The molecular formula is C2H6F3I. The zero-order valence-electron chi connectivity index (χ0n) is 2.12. The minimum atomic E-state index is -3.67. The van der Waals surface area contributed by atoms with Crippen LogP contribution in [0.1, 0.15) is 7.43 Å². The topological polar surface area (TPSA) is 0 Å². The molecule has 0 aromatic rings. The Balaban J connectivity index is -0.0000000450. The van der Waals surface area contributed by atoms with Gasteiger partial charge in [-0.2, -0.15) is 13.2 Å². The maximum atomic E-state index is 9.67. The highest BCUT2D eigenvalue weighted by molar-refractivity contribution is 14.0. The molecule has 0 amide bonds. The van der Waals surface area contributed by atoms with Gasteiger partial charge in [0.05, 0.1) is 0 Å². The SMILES string of the molecule is C.FC(F)F.I. The first-order valence-corrected chi connectivity index (χ1v) is 0.655. The number of hydrogen-bond acceptors (Lipinski definition) is 0. The van der Waals surface area contributed by atoms with E-state index in [-0.39, 0.29) is 31.4 Å². The van der Waals surface area contributed by atoms with E-state index in [9.17, 15) is 13.2 Å². The summed E-state index contributed by atoms with van der Waals surface area (Å²) in [6.45, 7) is -3.67. The van der Waals surface area contributed by atoms with Gasteiger partial charge in [-0.25, -0.2) is 0 Å². The van der Waals surface area contributed by atoms with Crippen LogP contribution in [0.3, 0.4) is 0 Å². The molecule has 0 aliphatic rings. The van der Waals surface area contributed by atoms with Crippen LogP contribution >= 0.6 is 24.0 Å². The predicted octanol–water partition coefficient (Wildman–Crippen LogP) is 2.43. The molecule has 0 fully saturated rings. The van der Waals surface area contributed by atoms with Crippen molar-refractivity contribution in [3.8, 4) is 0 Å². The molecule has 0 aliphatic carbocycles. The maximum Gasteiger partial charge on any atom is 0.379 e. The fraction of sp³-hybridized carbons (Fsp3) is 1.00. The van der Waals surface area contributed by atoms with Crippen LogP contribution in [0.25, 0.3) is 0 Å². The predicted molar refractivity (Wildman–Crippen MR) is 29.3 cm³/mol. The van der Waals surface area contributed by atoms with Gasteiger partial charge in [0.1, 0.15) is 0 Å². The summed E-state index contributed by atoms with van der Waals surface area (Å²) in [5.41, 5.74) is 0. The summed E-state index contributed by atoms with van der Waals surface area (Å²) in [5, 5.41) is 0. The zero-order chi connectivity index (χ0) is 3.58. The van der Waals surface area contributed by atoms with Crippen molar-refractivity contribution in [2.75, 3.05) is 0 Å². The van der Waals surface area contributed by atoms with Gasteiger partial charge in [-0.15, -0.1) is 24.0 Å². The van der Waals surface area contributed by atoms with Gasteiger partial charge in [0.15, 0.2) is 0 Å². The molecule has 0 aromatic carbocycles. The van der Waals surface area contributed by atoms with Gasteiger partial charge < -0.3 is 0 Å². The Morgan fingerprint density at radius 1 is 1.00 bits per heavy atom. The summed E-state index contributed by atoms with van der Waals surface area (Å²) in [6.07, 6.45) is 0. The van der Waals surface area contributed by atoms with Gasteiger partial charge in [0.2, 0.25) is 0 Å². The zero-order valence-corrected chi connectivity index (χ0v) is 4.45. The Kier molecular flexibility index (Phi) is 24.3. The second-order valence-corrected chi connectivity index (χ2v) is 0.247. The average Bonchev–Trinajstić information content (AvgIpc) is 0.811. The van der Waals surface area contributed by atoms with Gasteiger partial charge in [0.25, 0.3) is 0 Å². The molecule has 6 heavy (non-hydrogen) atoms. The van der Waals surface area contributed by atoms with Crippen LogP contribution in [-0.4, -0.2) is 6.68 Å². The molecule has 0 rings (SSSR count). The summed E-state index contributed by atoms with van der Waals surface area (Å²) in [7, 11) is 0. The fourth-order valence-electron chi connectivity index (χ4n) is 0. The Labute approximate surface area is 51.8 Å². The van der Waals surface area contributed by atoms with Crippen LogP contribution in [0.4, 0.5) is 13.2 Å². The fourth-order valence-corrected chi connectivity index (χ4v) is 0. The molecule has 0 heterocycles. The third kappa shape index (κ3) is 207. The standard InChI is InChI=1S/CHF3.CH4.HI/c2-1(3)4;;/h1H;1H4;1H. The van der Waals surface area contributed by atoms with E-state index in [1.807, 2.05) is 0 Å². The van der Waals surface area contributed by atoms with Gasteiger partial charge in [-0.3, -0.25) is 0 Å². The van der Waals surface area contributed by atoms with E-state index in [1.54, 1.807) is 0 Å². The van der Waals surface area contributed by atoms with E-state index in [4.69, 9.17) is 0 Å². The molecule has 4 heteroatoms.